The first-order valence-corrected chi connectivity index (χ1v) is 12.6. The van der Waals surface area contributed by atoms with E-state index in [4.69, 9.17) is 24.3 Å². The third-order valence-electron chi connectivity index (χ3n) is 3.87. The van der Waals surface area contributed by atoms with Gasteiger partial charge in [0.05, 0.1) is 12.7 Å². The van der Waals surface area contributed by atoms with Crippen LogP contribution in [0.25, 0.3) is 11.2 Å². The maximum absolute atomic E-state index is 11.8. The fraction of sp³-hybridized carbons (Fsp3) is 0.500. The minimum Gasteiger partial charge on any atom is -0.387 e. The first-order chi connectivity index (χ1) is 14.6. The maximum Gasteiger partial charge on any atom is 0.483 e. The molecule has 19 nitrogen and oxygen atoms in total. The van der Waals surface area contributed by atoms with Crippen molar-refractivity contribution in [2.45, 2.75) is 30.8 Å². The molecule has 0 spiro atoms. The Hall–Kier alpha value is -1.40. The number of phosphoric acid groups is 3. The molecule has 180 valence electrons. The average Bonchev–Trinajstić information content (AvgIpc) is 3.14. The van der Waals surface area contributed by atoms with Crippen molar-refractivity contribution in [2.75, 3.05) is 0 Å². The zero-order valence-corrected chi connectivity index (χ0v) is 17.8. The summed E-state index contributed by atoms with van der Waals surface area (Å²) >= 11 is 0. The molecule has 2 aromatic heterocycles. The molecule has 0 amide bonds. The van der Waals surface area contributed by atoms with Gasteiger partial charge in [0.1, 0.15) is 18.3 Å². The van der Waals surface area contributed by atoms with Gasteiger partial charge < -0.3 is 44.4 Å². The van der Waals surface area contributed by atoms with Crippen LogP contribution in [-0.4, -0.2) is 78.8 Å². The molecule has 6 atom stereocenters. The molecular weight excluding hydrogens is 509 g/mol. The van der Waals surface area contributed by atoms with Crippen molar-refractivity contribution >= 4 is 34.6 Å². The second-order valence-corrected chi connectivity index (χ2v) is 10.1. The Labute approximate surface area is 175 Å². The maximum atomic E-state index is 11.8. The van der Waals surface area contributed by atoms with Crippen molar-refractivity contribution in [2.24, 2.45) is 0 Å². The molecular formula is C10H15N4O15P3. The van der Waals surface area contributed by atoms with Crippen molar-refractivity contribution < 1.29 is 66.5 Å². The lowest BCUT2D eigenvalue weighted by atomic mass is 10.1. The standard InChI is InChI=1S/C10H15N4O15P3/c15-4-5(16)9(14-2-13-3-7(14)11-1-12-8(3)17)26-6(4)10(27-30(18,19)20)28-32(24,25)29-31(21,22)23/h1-2,4-6,9-10,15-16H,(H,24,25)(H,11,12,17)(H2,18,19,20)(H2,21,22,23)/t4-,5+,6-,9+,10+/m1/s1. The van der Waals surface area contributed by atoms with Gasteiger partial charge in [0.2, 0.25) is 6.29 Å². The molecule has 32 heavy (non-hydrogen) atoms. The van der Waals surface area contributed by atoms with Gasteiger partial charge in [-0.25, -0.2) is 23.7 Å². The van der Waals surface area contributed by atoms with E-state index in [0.717, 1.165) is 17.2 Å². The summed E-state index contributed by atoms with van der Waals surface area (Å²) in [7, 11) is -16.9. The summed E-state index contributed by atoms with van der Waals surface area (Å²) < 4.78 is 52.0. The highest BCUT2D eigenvalue weighted by atomic mass is 31.3. The Morgan fingerprint density at radius 3 is 2.28 bits per heavy atom. The van der Waals surface area contributed by atoms with Crippen molar-refractivity contribution in [3.8, 4) is 0 Å². The minimum absolute atomic E-state index is 0.142. The fourth-order valence-corrected chi connectivity index (χ4v) is 4.91. The van der Waals surface area contributed by atoms with E-state index in [-0.39, 0.29) is 11.2 Å². The van der Waals surface area contributed by atoms with Gasteiger partial charge in [-0.1, -0.05) is 0 Å². The molecule has 0 saturated carbocycles. The van der Waals surface area contributed by atoms with Crippen molar-refractivity contribution in [1.82, 2.24) is 19.5 Å². The zero-order chi connectivity index (χ0) is 24.1. The number of nitrogens with zero attached hydrogens (tertiary/aromatic N) is 3. The number of hydrogen-bond donors (Lipinski definition) is 8. The largest absolute Gasteiger partial charge is 0.483 e. The van der Waals surface area contributed by atoms with Gasteiger partial charge >= 0.3 is 23.5 Å². The molecule has 3 rings (SSSR count). The SMILES string of the molecule is O=c1[nH]cnc2c1ncn2[C@H]1O[C@@H]([C@@H](OP(=O)(O)O)OP(=O)(O)OP(=O)(O)O)[C@H](O)[C@@H]1O. The normalized spacial score (nSPS) is 27.5. The summed E-state index contributed by atoms with van der Waals surface area (Å²) in [6.45, 7) is 0. The third-order valence-corrected chi connectivity index (χ3v) is 6.50. The third kappa shape index (κ3) is 5.74. The molecule has 1 saturated heterocycles. The van der Waals surface area contributed by atoms with E-state index in [0.29, 0.717) is 0 Å². The summed E-state index contributed by atoms with van der Waals surface area (Å²) in [4.78, 5) is 66.5. The number of ether oxygens (including phenoxy) is 1. The van der Waals surface area contributed by atoms with Crippen LogP contribution in [0.3, 0.4) is 0 Å². The molecule has 0 bridgehead atoms. The van der Waals surface area contributed by atoms with Gasteiger partial charge in [0.25, 0.3) is 5.56 Å². The lowest BCUT2D eigenvalue weighted by molar-refractivity contribution is -0.154. The summed E-state index contributed by atoms with van der Waals surface area (Å²) in [6.07, 6.45) is -8.55. The number of nitrogens with one attached hydrogen (secondary N) is 1. The highest BCUT2D eigenvalue weighted by Gasteiger charge is 2.52. The van der Waals surface area contributed by atoms with Crippen LogP contribution < -0.4 is 5.56 Å². The summed E-state index contributed by atoms with van der Waals surface area (Å²) in [5.74, 6) is 0. The predicted octanol–water partition coefficient (Wildman–Crippen LogP) is -2.60. The molecule has 22 heteroatoms. The number of hydrogen-bond acceptors (Lipinski definition) is 12. The topological polar surface area (TPSA) is 293 Å². The van der Waals surface area contributed by atoms with Crippen LogP contribution >= 0.6 is 23.5 Å². The van der Waals surface area contributed by atoms with Crippen LogP contribution in [0, 0.1) is 0 Å². The Morgan fingerprint density at radius 1 is 1.03 bits per heavy atom. The van der Waals surface area contributed by atoms with Crippen molar-refractivity contribution in [3.63, 3.8) is 0 Å². The summed E-state index contributed by atoms with van der Waals surface area (Å²) in [6, 6.07) is 0. The van der Waals surface area contributed by atoms with E-state index in [2.05, 4.69) is 28.3 Å². The van der Waals surface area contributed by atoms with Gasteiger partial charge in [-0.2, -0.15) is 4.31 Å². The predicted molar refractivity (Wildman–Crippen MR) is 95.0 cm³/mol. The lowest BCUT2D eigenvalue weighted by Crippen LogP contribution is -2.40. The van der Waals surface area contributed by atoms with Gasteiger partial charge in [-0.3, -0.25) is 18.4 Å². The Bertz CT molecular complexity index is 1190. The van der Waals surface area contributed by atoms with E-state index in [1.165, 1.54) is 0 Å². The zero-order valence-electron chi connectivity index (χ0n) is 15.1. The van der Waals surface area contributed by atoms with E-state index in [1.807, 2.05) is 0 Å². The minimum atomic E-state index is -5.76. The van der Waals surface area contributed by atoms with Crippen LogP contribution in [0.5, 0.6) is 0 Å². The van der Waals surface area contributed by atoms with Crippen molar-refractivity contribution in [1.29, 1.82) is 0 Å². The number of phosphoric ester groups is 2. The van der Waals surface area contributed by atoms with Crippen LogP contribution in [0.4, 0.5) is 0 Å². The first-order valence-electron chi connectivity index (χ1n) is 8.02. The Balaban J connectivity index is 1.94. The molecule has 1 aliphatic rings. The van der Waals surface area contributed by atoms with Gasteiger partial charge in [0.15, 0.2) is 17.4 Å². The number of aromatic amines is 1. The first kappa shape index (κ1) is 25.2. The van der Waals surface area contributed by atoms with Crippen molar-refractivity contribution in [3.05, 3.63) is 23.0 Å². The van der Waals surface area contributed by atoms with Crippen LogP contribution in [0.1, 0.15) is 6.23 Å². The average molecular weight is 524 g/mol. The molecule has 8 N–H and O–H groups in total. The number of H-pyrrole nitrogens is 1. The highest BCUT2D eigenvalue weighted by Crippen LogP contribution is 2.59. The number of imidazole rings is 1. The number of fused-ring (bicyclic) bond motifs is 1. The summed E-state index contributed by atoms with van der Waals surface area (Å²) in [5.41, 5.74) is -1.01. The Kier molecular flexibility index (Phi) is 6.90. The number of aromatic nitrogens is 4. The van der Waals surface area contributed by atoms with Gasteiger partial charge in [-0.15, -0.1) is 0 Å². The molecule has 0 aromatic carbocycles. The Morgan fingerprint density at radius 2 is 1.69 bits per heavy atom. The molecule has 1 fully saturated rings. The van der Waals surface area contributed by atoms with Crippen LogP contribution in [0.15, 0.2) is 17.4 Å². The smallest absolute Gasteiger partial charge is 0.387 e. The van der Waals surface area contributed by atoms with E-state index < -0.39 is 59.9 Å². The summed E-state index contributed by atoms with van der Waals surface area (Å²) in [5, 5.41) is 20.6. The molecule has 1 aliphatic heterocycles. The van der Waals surface area contributed by atoms with E-state index in [1.54, 1.807) is 0 Å². The molecule has 3 heterocycles. The highest BCUT2D eigenvalue weighted by molar-refractivity contribution is 7.60. The fourth-order valence-electron chi connectivity index (χ4n) is 2.75. The lowest BCUT2D eigenvalue weighted by Gasteiger charge is -2.26. The molecule has 1 unspecified atom stereocenters. The monoisotopic (exact) mass is 524 g/mol. The quantitative estimate of drug-likeness (QED) is 0.130. The second-order valence-electron chi connectivity index (χ2n) is 6.14. The van der Waals surface area contributed by atoms with Crippen LogP contribution in [-0.2, 0) is 31.8 Å². The number of aliphatic hydroxyl groups is 2. The number of aliphatic hydroxyl groups excluding tert-OH is 2. The molecule has 0 radical (unpaired) electrons. The molecule has 2 aromatic rings. The van der Waals surface area contributed by atoms with Crippen LogP contribution in [0.2, 0.25) is 0 Å². The van der Waals surface area contributed by atoms with E-state index in [9.17, 15) is 33.6 Å². The number of rotatable bonds is 8. The van der Waals surface area contributed by atoms with Gasteiger partial charge in [-0.05, 0) is 0 Å². The molecule has 0 aliphatic carbocycles. The van der Waals surface area contributed by atoms with Gasteiger partial charge in [0, 0.05) is 0 Å². The van der Waals surface area contributed by atoms with E-state index >= 15 is 0 Å². The second kappa shape index (κ2) is 8.75.